The van der Waals surface area contributed by atoms with Crippen LogP contribution in [-0.4, -0.2) is 32.3 Å². The van der Waals surface area contributed by atoms with Gasteiger partial charge in [0.15, 0.2) is 5.96 Å². The van der Waals surface area contributed by atoms with E-state index >= 15 is 0 Å². The number of guanidine groups is 1. The third-order valence-electron chi connectivity index (χ3n) is 4.18. The Hall–Kier alpha value is -0.890. The Morgan fingerprint density at radius 1 is 1.17 bits per heavy atom. The van der Waals surface area contributed by atoms with Gasteiger partial charge in [-0.25, -0.2) is 4.39 Å². The van der Waals surface area contributed by atoms with Crippen LogP contribution in [0.2, 0.25) is 0 Å². The van der Waals surface area contributed by atoms with E-state index < -0.39 is 0 Å². The van der Waals surface area contributed by atoms with E-state index in [4.69, 9.17) is 4.74 Å². The van der Waals surface area contributed by atoms with Crippen molar-refractivity contribution in [3.8, 4) is 0 Å². The lowest BCUT2D eigenvalue weighted by Crippen LogP contribution is -2.39. The molecule has 1 aliphatic rings. The van der Waals surface area contributed by atoms with Crippen molar-refractivity contribution in [3.05, 3.63) is 35.6 Å². The molecule has 0 spiro atoms. The van der Waals surface area contributed by atoms with Crippen molar-refractivity contribution in [3.63, 3.8) is 0 Å². The van der Waals surface area contributed by atoms with Crippen LogP contribution in [0.25, 0.3) is 0 Å². The van der Waals surface area contributed by atoms with Gasteiger partial charge in [0.2, 0.25) is 0 Å². The van der Waals surface area contributed by atoms with Crippen molar-refractivity contribution in [1.82, 2.24) is 10.6 Å². The van der Waals surface area contributed by atoms with E-state index in [-0.39, 0.29) is 29.8 Å². The summed E-state index contributed by atoms with van der Waals surface area (Å²) < 4.78 is 19.5. The van der Waals surface area contributed by atoms with Crippen molar-refractivity contribution >= 4 is 29.9 Å². The van der Waals surface area contributed by atoms with Crippen molar-refractivity contribution in [2.24, 2.45) is 4.99 Å². The molecule has 0 aliphatic heterocycles. The third kappa shape index (κ3) is 7.79. The second-order valence-electron chi connectivity index (χ2n) is 5.93. The molecular weight excluding hydrogens is 420 g/mol. The molecule has 1 aromatic rings. The molecule has 0 amide bonds. The number of halogens is 2. The average molecular weight is 449 g/mol. The summed E-state index contributed by atoms with van der Waals surface area (Å²) in [4.78, 5) is 4.15. The summed E-state index contributed by atoms with van der Waals surface area (Å²) in [6.07, 6.45) is 8.01. The molecule has 0 saturated heterocycles. The summed E-state index contributed by atoms with van der Waals surface area (Å²) in [5.41, 5.74) is 0.630. The molecule has 0 radical (unpaired) electrons. The summed E-state index contributed by atoms with van der Waals surface area (Å²) in [5.74, 6) is 0.463. The van der Waals surface area contributed by atoms with Crippen LogP contribution in [0.5, 0.6) is 0 Å². The molecule has 1 saturated carbocycles. The van der Waals surface area contributed by atoms with Gasteiger partial charge in [-0.1, -0.05) is 43.9 Å². The van der Waals surface area contributed by atoms with Gasteiger partial charge in [-0.2, -0.15) is 0 Å². The zero-order chi connectivity index (χ0) is 16.3. The Bertz CT molecular complexity index is 491. The maximum absolute atomic E-state index is 13.6. The van der Waals surface area contributed by atoms with E-state index in [1.54, 1.807) is 19.2 Å². The zero-order valence-electron chi connectivity index (χ0n) is 14.4. The summed E-state index contributed by atoms with van der Waals surface area (Å²) in [6, 6.07) is 6.76. The summed E-state index contributed by atoms with van der Waals surface area (Å²) in [6.45, 7) is 1.79. The summed E-state index contributed by atoms with van der Waals surface area (Å²) in [7, 11) is 1.71. The number of rotatable bonds is 6. The number of hydrogen-bond acceptors (Lipinski definition) is 2. The molecular formula is C18H29FIN3O. The quantitative estimate of drug-likeness (QED) is 0.228. The lowest BCUT2D eigenvalue weighted by molar-refractivity contribution is 0.0468. The van der Waals surface area contributed by atoms with Crippen molar-refractivity contribution in [1.29, 1.82) is 0 Å². The minimum atomic E-state index is -0.202. The van der Waals surface area contributed by atoms with E-state index in [0.29, 0.717) is 37.3 Å². The minimum Gasteiger partial charge on any atom is -0.376 e. The second kappa shape index (κ2) is 12.5. The molecule has 0 atom stereocenters. The molecule has 136 valence electrons. The SMILES string of the molecule is CN=C(NCCOC1CCCCCC1)NCc1ccccc1F.I. The maximum Gasteiger partial charge on any atom is 0.191 e. The lowest BCUT2D eigenvalue weighted by atomic mass is 10.1. The Balaban J connectivity index is 0.00000288. The number of hydrogen-bond donors (Lipinski definition) is 2. The molecule has 2 N–H and O–H groups in total. The topological polar surface area (TPSA) is 45.7 Å². The van der Waals surface area contributed by atoms with E-state index in [0.717, 1.165) is 0 Å². The number of ether oxygens (including phenoxy) is 1. The fourth-order valence-corrected chi connectivity index (χ4v) is 2.84. The average Bonchev–Trinajstić information content (AvgIpc) is 2.84. The van der Waals surface area contributed by atoms with Crippen LogP contribution in [0.4, 0.5) is 4.39 Å². The standard InChI is InChI=1S/C18H28FN3O.HI/c1-20-18(22-14-15-8-6-7-11-17(15)19)21-12-13-23-16-9-4-2-3-5-10-16;/h6-8,11,16H,2-5,9-10,12-14H2,1H3,(H2,20,21,22);1H. The van der Waals surface area contributed by atoms with E-state index in [1.165, 1.54) is 44.6 Å². The number of benzene rings is 1. The number of aliphatic imine (C=N–C) groups is 1. The summed E-state index contributed by atoms with van der Waals surface area (Å²) in [5, 5.41) is 6.32. The van der Waals surface area contributed by atoms with E-state index in [2.05, 4.69) is 15.6 Å². The Kier molecular flexibility index (Phi) is 11.0. The van der Waals surface area contributed by atoms with Crippen molar-refractivity contribution in [2.75, 3.05) is 20.2 Å². The molecule has 1 aromatic carbocycles. The fourth-order valence-electron chi connectivity index (χ4n) is 2.84. The highest BCUT2D eigenvalue weighted by molar-refractivity contribution is 14.0. The summed E-state index contributed by atoms with van der Waals surface area (Å²) >= 11 is 0. The highest BCUT2D eigenvalue weighted by Gasteiger charge is 2.12. The first-order valence-corrected chi connectivity index (χ1v) is 8.59. The van der Waals surface area contributed by atoms with Gasteiger partial charge >= 0.3 is 0 Å². The third-order valence-corrected chi connectivity index (χ3v) is 4.18. The largest absolute Gasteiger partial charge is 0.376 e. The molecule has 0 aromatic heterocycles. The highest BCUT2D eigenvalue weighted by Crippen LogP contribution is 2.19. The number of nitrogens with one attached hydrogen (secondary N) is 2. The fraction of sp³-hybridized carbons (Fsp3) is 0.611. The van der Waals surface area contributed by atoms with Crippen LogP contribution in [-0.2, 0) is 11.3 Å². The Morgan fingerprint density at radius 2 is 1.88 bits per heavy atom. The van der Waals surface area contributed by atoms with Gasteiger partial charge in [0.1, 0.15) is 5.82 Å². The van der Waals surface area contributed by atoms with Crippen LogP contribution in [0.15, 0.2) is 29.3 Å². The van der Waals surface area contributed by atoms with E-state index in [9.17, 15) is 4.39 Å². The van der Waals surface area contributed by atoms with Gasteiger partial charge in [0, 0.05) is 25.7 Å². The van der Waals surface area contributed by atoms with Gasteiger partial charge in [-0.15, -0.1) is 24.0 Å². The lowest BCUT2D eigenvalue weighted by Gasteiger charge is -2.17. The Morgan fingerprint density at radius 3 is 2.54 bits per heavy atom. The first-order chi connectivity index (χ1) is 11.3. The van der Waals surface area contributed by atoms with E-state index in [1.807, 2.05) is 6.07 Å². The van der Waals surface area contributed by atoms with Gasteiger partial charge in [-0.3, -0.25) is 4.99 Å². The maximum atomic E-state index is 13.6. The monoisotopic (exact) mass is 449 g/mol. The normalized spacial score (nSPS) is 16.2. The molecule has 0 heterocycles. The molecule has 0 unspecified atom stereocenters. The molecule has 1 aliphatic carbocycles. The molecule has 4 nitrogen and oxygen atoms in total. The number of nitrogens with zero attached hydrogens (tertiary/aromatic N) is 1. The van der Waals surface area contributed by atoms with Crippen LogP contribution in [0.1, 0.15) is 44.1 Å². The first kappa shape index (κ1) is 21.2. The van der Waals surface area contributed by atoms with Crippen LogP contribution in [0.3, 0.4) is 0 Å². The molecule has 1 fully saturated rings. The van der Waals surface area contributed by atoms with Crippen molar-refractivity contribution < 1.29 is 9.13 Å². The molecule has 6 heteroatoms. The van der Waals surface area contributed by atoms with Crippen molar-refractivity contribution in [2.45, 2.75) is 51.2 Å². The minimum absolute atomic E-state index is 0. The highest BCUT2D eigenvalue weighted by atomic mass is 127. The van der Waals surface area contributed by atoms with Gasteiger partial charge < -0.3 is 15.4 Å². The second-order valence-corrected chi connectivity index (χ2v) is 5.93. The molecule has 24 heavy (non-hydrogen) atoms. The van der Waals surface area contributed by atoms with Crippen LogP contribution in [0, 0.1) is 5.82 Å². The predicted octanol–water partition coefficient (Wildman–Crippen LogP) is 3.85. The molecule has 0 bridgehead atoms. The van der Waals surface area contributed by atoms with Crippen LogP contribution >= 0.6 is 24.0 Å². The van der Waals surface area contributed by atoms with Gasteiger partial charge in [0.25, 0.3) is 0 Å². The molecule has 2 rings (SSSR count). The van der Waals surface area contributed by atoms with Crippen LogP contribution < -0.4 is 10.6 Å². The Labute approximate surface area is 161 Å². The first-order valence-electron chi connectivity index (χ1n) is 8.59. The van der Waals surface area contributed by atoms with Gasteiger partial charge in [0.05, 0.1) is 12.7 Å². The van der Waals surface area contributed by atoms with Gasteiger partial charge in [-0.05, 0) is 18.9 Å². The predicted molar refractivity (Wildman–Crippen MR) is 107 cm³/mol. The zero-order valence-corrected chi connectivity index (χ0v) is 16.7. The smallest absolute Gasteiger partial charge is 0.191 e.